The van der Waals surface area contributed by atoms with Gasteiger partial charge in [0.05, 0.1) is 24.5 Å². The van der Waals surface area contributed by atoms with Gasteiger partial charge in [-0.15, -0.1) is 10.2 Å². The average Bonchev–Trinajstić information content (AvgIpc) is 2.55. The van der Waals surface area contributed by atoms with Gasteiger partial charge in [0.2, 0.25) is 0 Å². The van der Waals surface area contributed by atoms with Gasteiger partial charge in [-0.05, 0) is 18.2 Å². The van der Waals surface area contributed by atoms with Crippen LogP contribution >= 0.6 is 0 Å². The van der Waals surface area contributed by atoms with Crippen molar-refractivity contribution in [2.24, 2.45) is 0 Å². The van der Waals surface area contributed by atoms with E-state index in [1.165, 1.54) is 12.1 Å². The molecular weight excluding hydrogens is 295 g/mol. The Kier molecular flexibility index (Phi) is 3.98. The molecule has 0 spiro atoms. The predicted octanol–water partition coefficient (Wildman–Crippen LogP) is 3.00. The van der Waals surface area contributed by atoms with Gasteiger partial charge in [-0.1, -0.05) is 18.2 Å². The number of rotatable bonds is 2. The third-order valence-corrected chi connectivity index (χ3v) is 3.49. The van der Waals surface area contributed by atoms with Crippen LogP contribution in [0.15, 0.2) is 36.4 Å². The summed E-state index contributed by atoms with van der Waals surface area (Å²) in [7, 11) is 0. The quantitative estimate of drug-likeness (QED) is 0.855. The molecule has 0 aliphatic carbocycles. The van der Waals surface area contributed by atoms with E-state index in [0.717, 1.165) is 6.07 Å². The first-order valence-electron chi connectivity index (χ1n) is 6.89. The monoisotopic (exact) mass is 309 g/mol. The Labute approximate surface area is 125 Å². The molecule has 0 N–H and O–H groups in total. The van der Waals surface area contributed by atoms with Gasteiger partial charge in [-0.25, -0.2) is 0 Å². The number of anilines is 1. The zero-order chi connectivity index (χ0) is 15.6. The van der Waals surface area contributed by atoms with E-state index >= 15 is 0 Å². The Morgan fingerprint density at radius 2 is 1.68 bits per heavy atom. The lowest BCUT2D eigenvalue weighted by Gasteiger charge is -2.27. The van der Waals surface area contributed by atoms with Crippen LogP contribution in [0.2, 0.25) is 0 Å². The molecular formula is C15H14F3N3O. The van der Waals surface area contributed by atoms with Gasteiger partial charge in [0.1, 0.15) is 0 Å². The van der Waals surface area contributed by atoms with Crippen molar-refractivity contribution in [3.63, 3.8) is 0 Å². The van der Waals surface area contributed by atoms with Gasteiger partial charge in [0, 0.05) is 18.7 Å². The highest BCUT2D eigenvalue weighted by Crippen LogP contribution is 2.36. The summed E-state index contributed by atoms with van der Waals surface area (Å²) >= 11 is 0. The zero-order valence-electron chi connectivity index (χ0n) is 11.7. The lowest BCUT2D eigenvalue weighted by molar-refractivity contribution is -0.137. The molecule has 1 fully saturated rings. The van der Waals surface area contributed by atoms with Crippen LogP contribution in [0.5, 0.6) is 0 Å². The van der Waals surface area contributed by atoms with Gasteiger partial charge in [0.15, 0.2) is 5.82 Å². The summed E-state index contributed by atoms with van der Waals surface area (Å²) in [6.45, 7) is 2.63. The number of hydrogen-bond acceptors (Lipinski definition) is 4. The Morgan fingerprint density at radius 1 is 0.955 bits per heavy atom. The third-order valence-electron chi connectivity index (χ3n) is 3.49. The van der Waals surface area contributed by atoms with Crippen LogP contribution in [0.1, 0.15) is 5.56 Å². The number of ether oxygens (including phenoxy) is 1. The van der Waals surface area contributed by atoms with Crippen molar-refractivity contribution in [2.75, 3.05) is 31.2 Å². The molecule has 1 aliphatic rings. The van der Waals surface area contributed by atoms with E-state index < -0.39 is 11.7 Å². The van der Waals surface area contributed by atoms with Crippen LogP contribution in [-0.4, -0.2) is 36.5 Å². The highest BCUT2D eigenvalue weighted by Gasteiger charge is 2.33. The summed E-state index contributed by atoms with van der Waals surface area (Å²) < 4.78 is 44.4. The highest BCUT2D eigenvalue weighted by atomic mass is 19.4. The Hall–Kier alpha value is -2.15. The second-order valence-electron chi connectivity index (χ2n) is 4.92. The minimum atomic E-state index is -4.42. The van der Waals surface area contributed by atoms with Gasteiger partial charge in [0.25, 0.3) is 0 Å². The molecule has 0 atom stereocenters. The number of alkyl halides is 3. The number of benzene rings is 1. The lowest BCUT2D eigenvalue weighted by Crippen LogP contribution is -2.36. The average molecular weight is 309 g/mol. The zero-order valence-corrected chi connectivity index (χ0v) is 11.7. The SMILES string of the molecule is FC(F)(F)c1ccccc1-c1ccc(N2CCOCC2)nn1. The van der Waals surface area contributed by atoms with E-state index in [-0.39, 0.29) is 11.3 Å². The summed E-state index contributed by atoms with van der Waals surface area (Å²) in [6, 6.07) is 8.64. The van der Waals surface area contributed by atoms with E-state index in [4.69, 9.17) is 4.74 Å². The number of morpholine rings is 1. The normalized spacial score (nSPS) is 15.9. The number of hydrogen-bond donors (Lipinski definition) is 0. The molecule has 7 heteroatoms. The summed E-state index contributed by atoms with van der Waals surface area (Å²) in [5.74, 6) is 0.650. The minimum absolute atomic E-state index is 0.0380. The Balaban J connectivity index is 1.90. The van der Waals surface area contributed by atoms with E-state index in [1.807, 2.05) is 4.90 Å². The van der Waals surface area contributed by atoms with Crippen LogP contribution < -0.4 is 4.90 Å². The highest BCUT2D eigenvalue weighted by molar-refractivity contribution is 5.64. The fraction of sp³-hybridized carbons (Fsp3) is 0.333. The standard InChI is InChI=1S/C15H14F3N3O/c16-15(17,18)12-4-2-1-3-11(12)13-5-6-14(20-19-13)21-7-9-22-10-8-21/h1-6H,7-10H2. The van der Waals surface area contributed by atoms with Crippen molar-refractivity contribution in [1.82, 2.24) is 10.2 Å². The fourth-order valence-corrected chi connectivity index (χ4v) is 2.38. The van der Waals surface area contributed by atoms with Crippen LogP contribution in [0.4, 0.5) is 19.0 Å². The molecule has 2 aromatic rings. The summed E-state index contributed by atoms with van der Waals surface area (Å²) in [5.41, 5.74) is -0.454. The Bertz CT molecular complexity index is 637. The van der Waals surface area contributed by atoms with Crippen molar-refractivity contribution < 1.29 is 17.9 Å². The molecule has 4 nitrogen and oxygen atoms in total. The van der Waals surface area contributed by atoms with Crippen LogP contribution in [0.3, 0.4) is 0 Å². The van der Waals surface area contributed by atoms with Crippen molar-refractivity contribution >= 4 is 5.82 Å². The molecule has 0 amide bonds. The second-order valence-corrected chi connectivity index (χ2v) is 4.92. The van der Waals surface area contributed by atoms with Crippen molar-refractivity contribution in [2.45, 2.75) is 6.18 Å². The Morgan fingerprint density at radius 3 is 2.32 bits per heavy atom. The maximum atomic E-state index is 13.0. The molecule has 2 heterocycles. The minimum Gasteiger partial charge on any atom is -0.378 e. The molecule has 3 rings (SSSR count). The lowest BCUT2D eigenvalue weighted by atomic mass is 10.0. The smallest absolute Gasteiger partial charge is 0.378 e. The van der Waals surface area contributed by atoms with Gasteiger partial charge in [-0.2, -0.15) is 13.2 Å². The maximum Gasteiger partial charge on any atom is 0.417 e. The molecule has 1 aromatic heterocycles. The van der Waals surface area contributed by atoms with Crippen LogP contribution in [0.25, 0.3) is 11.3 Å². The first-order chi connectivity index (χ1) is 10.6. The predicted molar refractivity (Wildman–Crippen MR) is 75.5 cm³/mol. The molecule has 1 saturated heterocycles. The van der Waals surface area contributed by atoms with E-state index in [9.17, 15) is 13.2 Å². The van der Waals surface area contributed by atoms with Gasteiger partial charge < -0.3 is 9.64 Å². The van der Waals surface area contributed by atoms with Gasteiger partial charge in [-0.3, -0.25) is 0 Å². The first-order valence-corrected chi connectivity index (χ1v) is 6.89. The number of nitrogens with zero attached hydrogens (tertiary/aromatic N) is 3. The molecule has 1 aliphatic heterocycles. The molecule has 22 heavy (non-hydrogen) atoms. The summed E-state index contributed by atoms with van der Waals surface area (Å²) in [4.78, 5) is 2.00. The largest absolute Gasteiger partial charge is 0.417 e. The van der Waals surface area contributed by atoms with Crippen molar-refractivity contribution in [3.05, 3.63) is 42.0 Å². The topological polar surface area (TPSA) is 38.2 Å². The molecule has 0 saturated carbocycles. The van der Waals surface area contributed by atoms with E-state index in [2.05, 4.69) is 10.2 Å². The van der Waals surface area contributed by atoms with Crippen LogP contribution in [-0.2, 0) is 10.9 Å². The van der Waals surface area contributed by atoms with Crippen molar-refractivity contribution in [3.8, 4) is 11.3 Å². The second kappa shape index (κ2) is 5.92. The summed E-state index contributed by atoms with van der Waals surface area (Å²) in [6.07, 6.45) is -4.42. The fourth-order valence-electron chi connectivity index (χ4n) is 2.38. The van der Waals surface area contributed by atoms with Crippen molar-refractivity contribution in [1.29, 1.82) is 0 Å². The molecule has 0 radical (unpaired) electrons. The molecule has 116 valence electrons. The van der Waals surface area contributed by atoms with Crippen LogP contribution in [0, 0.1) is 0 Å². The third kappa shape index (κ3) is 3.04. The maximum absolute atomic E-state index is 13.0. The first kappa shape index (κ1) is 14.8. The number of halogens is 3. The van der Waals surface area contributed by atoms with E-state index in [0.29, 0.717) is 32.1 Å². The summed E-state index contributed by atoms with van der Waals surface area (Å²) in [5, 5.41) is 8.02. The molecule has 0 bridgehead atoms. The van der Waals surface area contributed by atoms with Gasteiger partial charge >= 0.3 is 6.18 Å². The number of aromatic nitrogens is 2. The molecule has 1 aromatic carbocycles. The van der Waals surface area contributed by atoms with E-state index in [1.54, 1.807) is 18.2 Å². The molecule has 0 unspecified atom stereocenters.